The molecular weight excluding hydrogens is 292 g/mol. The zero-order chi connectivity index (χ0) is 15.8. The highest BCUT2D eigenvalue weighted by atomic mass is 16.1. The fraction of sp³-hybridized carbons (Fsp3) is 0.375. The van der Waals surface area contributed by atoms with Gasteiger partial charge >= 0.3 is 0 Å². The van der Waals surface area contributed by atoms with E-state index in [9.17, 15) is 4.79 Å². The summed E-state index contributed by atoms with van der Waals surface area (Å²) in [6, 6.07) is 7.43. The first-order valence-electron chi connectivity index (χ1n) is 7.80. The predicted octanol–water partition coefficient (Wildman–Crippen LogP) is 1.44. The van der Waals surface area contributed by atoms with Gasteiger partial charge in [0, 0.05) is 26.1 Å². The fourth-order valence-electron chi connectivity index (χ4n) is 3.24. The number of nitrogens with one attached hydrogen (secondary N) is 1. The normalized spacial score (nSPS) is 16.1. The lowest BCUT2D eigenvalue weighted by atomic mass is 9.96. The molecule has 0 aliphatic carbocycles. The third-order valence-electron chi connectivity index (χ3n) is 4.51. The highest BCUT2D eigenvalue weighted by Crippen LogP contribution is 2.27. The molecule has 0 unspecified atom stereocenters. The summed E-state index contributed by atoms with van der Waals surface area (Å²) in [5.74, 6) is 2.10. The molecule has 3 heterocycles. The second-order valence-electron chi connectivity index (χ2n) is 5.97. The average molecular weight is 310 g/mol. The van der Waals surface area contributed by atoms with Gasteiger partial charge < -0.3 is 9.47 Å². The summed E-state index contributed by atoms with van der Waals surface area (Å²) in [4.78, 5) is 21.8. The number of piperidine rings is 1. The minimum atomic E-state index is -0.0824. The van der Waals surface area contributed by atoms with Crippen molar-refractivity contribution in [1.29, 1.82) is 0 Å². The molecule has 1 aliphatic rings. The van der Waals surface area contributed by atoms with Gasteiger partial charge in [0.1, 0.15) is 12.2 Å². The molecular formula is C16H18N6O. The Labute approximate surface area is 133 Å². The Balaban J connectivity index is 1.57. The molecule has 1 saturated heterocycles. The van der Waals surface area contributed by atoms with E-state index < -0.39 is 0 Å². The number of aromatic nitrogens is 5. The third kappa shape index (κ3) is 2.48. The first-order chi connectivity index (χ1) is 11.2. The van der Waals surface area contributed by atoms with Crippen LogP contribution in [0, 0.1) is 0 Å². The number of H-pyrrole nitrogens is 1. The number of aromatic amines is 1. The van der Waals surface area contributed by atoms with Crippen LogP contribution in [0.4, 0.5) is 5.95 Å². The first kappa shape index (κ1) is 13.9. The SMILES string of the molecule is Cn1cnnc1C1CCN(c2nc3ccccc3c(=O)[nH]2)CC1. The molecule has 4 rings (SSSR count). The molecule has 0 spiro atoms. The largest absolute Gasteiger partial charge is 0.342 e. The van der Waals surface area contributed by atoms with Gasteiger partial charge in [0.2, 0.25) is 5.95 Å². The first-order valence-corrected chi connectivity index (χ1v) is 7.80. The van der Waals surface area contributed by atoms with Crippen LogP contribution in [0.1, 0.15) is 24.6 Å². The van der Waals surface area contributed by atoms with Crippen LogP contribution in [0.25, 0.3) is 10.9 Å². The second-order valence-corrected chi connectivity index (χ2v) is 5.97. The van der Waals surface area contributed by atoms with E-state index >= 15 is 0 Å². The number of anilines is 1. The van der Waals surface area contributed by atoms with Gasteiger partial charge in [0.05, 0.1) is 10.9 Å². The van der Waals surface area contributed by atoms with Crippen molar-refractivity contribution in [1.82, 2.24) is 24.7 Å². The lowest BCUT2D eigenvalue weighted by Crippen LogP contribution is -2.35. The van der Waals surface area contributed by atoms with Crippen molar-refractivity contribution >= 4 is 16.9 Å². The molecule has 0 atom stereocenters. The molecule has 0 saturated carbocycles. The standard InChI is InChI=1S/C16H18N6O/c1-21-10-17-20-14(21)11-6-8-22(9-7-11)16-18-13-5-3-2-4-12(13)15(23)19-16/h2-5,10-11H,6-9H2,1H3,(H,18,19,23). The van der Waals surface area contributed by atoms with Crippen molar-refractivity contribution < 1.29 is 0 Å². The monoisotopic (exact) mass is 310 g/mol. The van der Waals surface area contributed by atoms with Crippen LogP contribution < -0.4 is 10.5 Å². The Hall–Kier alpha value is -2.70. The molecule has 2 aromatic heterocycles. The molecule has 23 heavy (non-hydrogen) atoms. The van der Waals surface area contributed by atoms with Crippen molar-refractivity contribution in [3.8, 4) is 0 Å². The number of hydrogen-bond acceptors (Lipinski definition) is 5. The van der Waals surface area contributed by atoms with Gasteiger partial charge in [-0.1, -0.05) is 12.1 Å². The zero-order valence-electron chi connectivity index (χ0n) is 12.9. The van der Waals surface area contributed by atoms with Crippen LogP contribution in [0.2, 0.25) is 0 Å². The Morgan fingerprint density at radius 1 is 1.22 bits per heavy atom. The number of benzene rings is 1. The van der Waals surface area contributed by atoms with Crippen LogP contribution in [0.5, 0.6) is 0 Å². The number of fused-ring (bicyclic) bond motifs is 1. The molecule has 0 amide bonds. The molecule has 118 valence electrons. The van der Waals surface area contributed by atoms with E-state index in [2.05, 4.69) is 25.1 Å². The highest BCUT2D eigenvalue weighted by molar-refractivity contribution is 5.78. The average Bonchev–Trinajstić information content (AvgIpc) is 3.01. The second kappa shape index (κ2) is 5.49. The summed E-state index contributed by atoms with van der Waals surface area (Å²) in [5, 5.41) is 8.80. The third-order valence-corrected chi connectivity index (χ3v) is 4.51. The zero-order valence-corrected chi connectivity index (χ0v) is 12.9. The van der Waals surface area contributed by atoms with Crippen molar-refractivity contribution in [2.45, 2.75) is 18.8 Å². The minimum Gasteiger partial charge on any atom is -0.342 e. The maximum atomic E-state index is 12.2. The number of hydrogen-bond donors (Lipinski definition) is 1. The van der Waals surface area contributed by atoms with Crippen molar-refractivity contribution in [3.05, 3.63) is 46.8 Å². The van der Waals surface area contributed by atoms with E-state index in [0.717, 1.165) is 37.3 Å². The fourth-order valence-corrected chi connectivity index (χ4v) is 3.24. The molecule has 0 radical (unpaired) electrons. The Kier molecular flexibility index (Phi) is 3.33. The van der Waals surface area contributed by atoms with Crippen LogP contribution in [-0.4, -0.2) is 37.8 Å². The summed E-state index contributed by atoms with van der Waals surface area (Å²) in [6.45, 7) is 1.69. The van der Waals surface area contributed by atoms with Crippen LogP contribution in [-0.2, 0) is 7.05 Å². The topological polar surface area (TPSA) is 79.7 Å². The Morgan fingerprint density at radius 2 is 2.00 bits per heavy atom. The maximum absolute atomic E-state index is 12.2. The van der Waals surface area contributed by atoms with Crippen molar-refractivity contribution in [2.24, 2.45) is 7.05 Å². The van der Waals surface area contributed by atoms with Gasteiger partial charge in [-0.05, 0) is 25.0 Å². The molecule has 3 aromatic rings. The van der Waals surface area contributed by atoms with Crippen LogP contribution in [0.3, 0.4) is 0 Å². The summed E-state index contributed by atoms with van der Waals surface area (Å²) in [6.07, 6.45) is 3.69. The smallest absolute Gasteiger partial charge is 0.260 e. The maximum Gasteiger partial charge on any atom is 0.260 e. The van der Waals surface area contributed by atoms with Gasteiger partial charge in [-0.25, -0.2) is 4.98 Å². The molecule has 7 heteroatoms. The van der Waals surface area contributed by atoms with Crippen LogP contribution >= 0.6 is 0 Å². The van der Waals surface area contributed by atoms with E-state index in [-0.39, 0.29) is 5.56 Å². The van der Waals surface area contributed by atoms with E-state index in [4.69, 9.17) is 0 Å². The van der Waals surface area contributed by atoms with Crippen LogP contribution in [0.15, 0.2) is 35.4 Å². The lowest BCUT2D eigenvalue weighted by Gasteiger charge is -2.31. The highest BCUT2D eigenvalue weighted by Gasteiger charge is 2.25. The van der Waals surface area contributed by atoms with E-state index in [1.807, 2.05) is 29.8 Å². The quantitative estimate of drug-likeness (QED) is 0.774. The molecule has 1 N–H and O–H groups in total. The number of para-hydroxylation sites is 1. The minimum absolute atomic E-state index is 0.0824. The summed E-state index contributed by atoms with van der Waals surface area (Å²) in [5.41, 5.74) is 0.655. The number of rotatable bonds is 2. The van der Waals surface area contributed by atoms with Gasteiger partial charge in [0.15, 0.2) is 0 Å². The van der Waals surface area contributed by atoms with Crippen molar-refractivity contribution in [2.75, 3.05) is 18.0 Å². The summed E-state index contributed by atoms with van der Waals surface area (Å²) in [7, 11) is 1.98. The van der Waals surface area contributed by atoms with Gasteiger partial charge in [-0.2, -0.15) is 0 Å². The lowest BCUT2D eigenvalue weighted by molar-refractivity contribution is 0.470. The van der Waals surface area contributed by atoms with E-state index in [1.165, 1.54) is 0 Å². The summed E-state index contributed by atoms with van der Waals surface area (Å²) < 4.78 is 1.98. The van der Waals surface area contributed by atoms with Crippen molar-refractivity contribution in [3.63, 3.8) is 0 Å². The molecule has 0 bridgehead atoms. The van der Waals surface area contributed by atoms with E-state index in [0.29, 0.717) is 17.3 Å². The van der Waals surface area contributed by atoms with Gasteiger partial charge in [-0.15, -0.1) is 10.2 Å². The Bertz CT molecular complexity index is 891. The molecule has 1 fully saturated rings. The Morgan fingerprint density at radius 3 is 2.74 bits per heavy atom. The predicted molar refractivity (Wildman–Crippen MR) is 87.6 cm³/mol. The number of nitrogens with zero attached hydrogens (tertiary/aromatic N) is 5. The molecule has 7 nitrogen and oxygen atoms in total. The summed E-state index contributed by atoms with van der Waals surface area (Å²) >= 11 is 0. The molecule has 1 aromatic carbocycles. The van der Waals surface area contributed by atoms with E-state index in [1.54, 1.807) is 12.4 Å². The van der Waals surface area contributed by atoms with Gasteiger partial charge in [0.25, 0.3) is 5.56 Å². The van der Waals surface area contributed by atoms with Gasteiger partial charge in [-0.3, -0.25) is 9.78 Å². The number of aryl methyl sites for hydroxylation is 1. The molecule has 1 aliphatic heterocycles.